The summed E-state index contributed by atoms with van der Waals surface area (Å²) < 4.78 is 6.82. The smallest absolute Gasteiger partial charge is 0.348 e. The van der Waals surface area contributed by atoms with E-state index in [-0.39, 0.29) is 5.97 Å². The third-order valence-electron chi connectivity index (χ3n) is 2.27. The molecule has 0 atom stereocenters. The molecule has 4 nitrogen and oxygen atoms in total. The number of imidazole rings is 1. The van der Waals surface area contributed by atoms with Crippen molar-refractivity contribution >= 4 is 39.3 Å². The van der Waals surface area contributed by atoms with Crippen molar-refractivity contribution < 1.29 is 9.53 Å². The third-order valence-corrected chi connectivity index (χ3v) is 3.51. The normalized spacial score (nSPS) is 10.9. The van der Waals surface area contributed by atoms with Gasteiger partial charge in [0.05, 0.1) is 18.0 Å². The third kappa shape index (κ3) is 1.81. The summed E-state index contributed by atoms with van der Waals surface area (Å²) in [5.74, 6) is 0.878. The summed E-state index contributed by atoms with van der Waals surface area (Å²) in [4.78, 5) is 17.2. The van der Waals surface area contributed by atoms with E-state index in [1.165, 1.54) is 11.3 Å². The summed E-state index contributed by atoms with van der Waals surface area (Å²) in [7, 11) is 1.88. The molecule has 0 radical (unpaired) electrons. The van der Waals surface area contributed by atoms with Gasteiger partial charge in [-0.05, 0) is 13.0 Å². The van der Waals surface area contributed by atoms with Crippen LogP contribution in [0.25, 0.3) is 10.3 Å². The van der Waals surface area contributed by atoms with Gasteiger partial charge in [0, 0.05) is 7.05 Å². The van der Waals surface area contributed by atoms with Gasteiger partial charge in [-0.1, -0.05) is 0 Å². The van der Waals surface area contributed by atoms with Crippen LogP contribution < -0.4 is 0 Å². The lowest BCUT2D eigenvalue weighted by Crippen LogP contribution is -2.02. The van der Waals surface area contributed by atoms with Crippen molar-refractivity contribution in [3.8, 4) is 0 Å². The highest BCUT2D eigenvalue weighted by Gasteiger charge is 2.15. The average molecular weight is 259 g/mol. The minimum Gasteiger partial charge on any atom is -0.462 e. The number of carbonyl (C=O) groups is 1. The van der Waals surface area contributed by atoms with Gasteiger partial charge in [-0.25, -0.2) is 9.78 Å². The van der Waals surface area contributed by atoms with Crippen molar-refractivity contribution in [1.82, 2.24) is 9.55 Å². The standard InChI is InChI=1S/C10H11ClN2O2S/c1-3-15-10(14)7-4-6-9(16-7)12-8(5-11)13(6)2/h4H,3,5H2,1-2H3. The molecule has 0 saturated heterocycles. The van der Waals surface area contributed by atoms with Crippen molar-refractivity contribution in [2.24, 2.45) is 7.05 Å². The lowest BCUT2D eigenvalue weighted by molar-refractivity contribution is 0.0532. The Bertz CT molecular complexity index is 532. The van der Waals surface area contributed by atoms with E-state index in [9.17, 15) is 4.79 Å². The molecule has 0 saturated carbocycles. The van der Waals surface area contributed by atoms with E-state index >= 15 is 0 Å². The number of thiophene rings is 1. The largest absolute Gasteiger partial charge is 0.462 e. The molecule has 86 valence electrons. The molecule has 0 aliphatic rings. The van der Waals surface area contributed by atoms with Crippen LogP contribution in [0.2, 0.25) is 0 Å². The van der Waals surface area contributed by atoms with Crippen LogP contribution in [0, 0.1) is 0 Å². The molecule has 0 N–H and O–H groups in total. The first-order valence-electron chi connectivity index (χ1n) is 4.85. The van der Waals surface area contributed by atoms with E-state index in [0.717, 1.165) is 16.2 Å². The zero-order chi connectivity index (χ0) is 11.7. The number of nitrogens with zero attached hydrogens (tertiary/aromatic N) is 2. The van der Waals surface area contributed by atoms with Gasteiger partial charge in [-0.3, -0.25) is 0 Å². The van der Waals surface area contributed by atoms with Crippen LogP contribution in [0.3, 0.4) is 0 Å². The summed E-state index contributed by atoms with van der Waals surface area (Å²) >= 11 is 7.07. The summed E-state index contributed by atoms with van der Waals surface area (Å²) in [6.45, 7) is 2.17. The number of hydrogen-bond acceptors (Lipinski definition) is 4. The first-order valence-corrected chi connectivity index (χ1v) is 6.20. The maximum absolute atomic E-state index is 11.5. The Hall–Kier alpha value is -1.07. The average Bonchev–Trinajstić information content (AvgIpc) is 2.79. The number of fused-ring (bicyclic) bond motifs is 1. The van der Waals surface area contributed by atoms with Crippen LogP contribution in [0.15, 0.2) is 6.07 Å². The minimum absolute atomic E-state index is 0.294. The van der Waals surface area contributed by atoms with Gasteiger partial charge < -0.3 is 9.30 Å². The van der Waals surface area contributed by atoms with Gasteiger partial charge in [0.2, 0.25) is 0 Å². The quantitative estimate of drug-likeness (QED) is 0.628. The van der Waals surface area contributed by atoms with Gasteiger partial charge in [-0.15, -0.1) is 22.9 Å². The fourth-order valence-electron chi connectivity index (χ4n) is 1.45. The molecule has 2 heterocycles. The van der Waals surface area contributed by atoms with Gasteiger partial charge >= 0.3 is 5.97 Å². The van der Waals surface area contributed by atoms with Crippen LogP contribution in [0.1, 0.15) is 22.4 Å². The second kappa shape index (κ2) is 4.43. The first-order chi connectivity index (χ1) is 7.67. The van der Waals surface area contributed by atoms with E-state index in [2.05, 4.69) is 4.98 Å². The molecule has 6 heteroatoms. The molecular weight excluding hydrogens is 248 g/mol. The van der Waals surface area contributed by atoms with Crippen LogP contribution in [-0.4, -0.2) is 22.1 Å². The molecule has 0 aliphatic heterocycles. The number of aryl methyl sites for hydroxylation is 1. The molecule has 0 aromatic carbocycles. The molecule has 2 aromatic rings. The Kier molecular flexibility index (Phi) is 3.16. The van der Waals surface area contributed by atoms with Crippen LogP contribution in [0.5, 0.6) is 0 Å². The molecule has 2 aromatic heterocycles. The fourth-order valence-corrected chi connectivity index (χ4v) is 2.66. The van der Waals surface area contributed by atoms with Gasteiger partial charge in [0.15, 0.2) is 0 Å². The number of ether oxygens (including phenoxy) is 1. The Balaban J connectivity index is 2.42. The maximum atomic E-state index is 11.5. The Morgan fingerprint density at radius 1 is 1.69 bits per heavy atom. The monoisotopic (exact) mass is 258 g/mol. The van der Waals surface area contributed by atoms with Crippen LogP contribution in [0.4, 0.5) is 0 Å². The SMILES string of the molecule is CCOC(=O)c1cc2c(nc(CCl)n2C)s1. The van der Waals surface area contributed by atoms with Crippen molar-refractivity contribution in [1.29, 1.82) is 0 Å². The van der Waals surface area contributed by atoms with Crippen molar-refractivity contribution in [3.05, 3.63) is 16.8 Å². The van der Waals surface area contributed by atoms with E-state index in [1.807, 2.05) is 11.6 Å². The number of carbonyl (C=O) groups excluding carboxylic acids is 1. The highest BCUT2D eigenvalue weighted by atomic mass is 35.5. The van der Waals surface area contributed by atoms with Crippen LogP contribution >= 0.6 is 22.9 Å². The van der Waals surface area contributed by atoms with Gasteiger partial charge in [-0.2, -0.15) is 0 Å². The number of aromatic nitrogens is 2. The number of alkyl halides is 1. The lowest BCUT2D eigenvalue weighted by atomic mass is 10.4. The highest BCUT2D eigenvalue weighted by Crippen LogP contribution is 2.26. The first kappa shape index (κ1) is 11.4. The van der Waals surface area contributed by atoms with Crippen molar-refractivity contribution in [2.45, 2.75) is 12.8 Å². The molecule has 0 spiro atoms. The predicted octanol–water partition coefficient (Wildman–Crippen LogP) is 2.55. The molecule has 16 heavy (non-hydrogen) atoms. The number of halogens is 1. The highest BCUT2D eigenvalue weighted by molar-refractivity contribution is 7.20. The summed E-state index contributed by atoms with van der Waals surface area (Å²) in [6.07, 6.45) is 0. The minimum atomic E-state index is -0.294. The lowest BCUT2D eigenvalue weighted by Gasteiger charge is -1.98. The van der Waals surface area contributed by atoms with E-state index in [4.69, 9.17) is 16.3 Å². The molecule has 0 aliphatic carbocycles. The molecule has 0 fully saturated rings. The number of hydrogen-bond donors (Lipinski definition) is 0. The van der Waals surface area contributed by atoms with Crippen molar-refractivity contribution in [3.63, 3.8) is 0 Å². The van der Waals surface area contributed by atoms with Crippen molar-refractivity contribution in [2.75, 3.05) is 6.61 Å². The number of rotatable bonds is 3. The molecule has 2 rings (SSSR count). The van der Waals surface area contributed by atoms with Gasteiger partial charge in [0.25, 0.3) is 0 Å². The Morgan fingerprint density at radius 2 is 2.44 bits per heavy atom. The zero-order valence-corrected chi connectivity index (χ0v) is 10.6. The van der Waals surface area contributed by atoms with E-state index < -0.39 is 0 Å². The molecule has 0 amide bonds. The van der Waals surface area contributed by atoms with Crippen LogP contribution in [-0.2, 0) is 17.7 Å². The predicted molar refractivity (Wildman–Crippen MR) is 64.1 cm³/mol. The van der Waals surface area contributed by atoms with Gasteiger partial charge in [0.1, 0.15) is 15.5 Å². The molecule has 0 bridgehead atoms. The topological polar surface area (TPSA) is 44.1 Å². The second-order valence-corrected chi connectivity index (χ2v) is 4.54. The second-order valence-electron chi connectivity index (χ2n) is 3.24. The Morgan fingerprint density at radius 3 is 3.00 bits per heavy atom. The summed E-state index contributed by atoms with van der Waals surface area (Å²) in [5.41, 5.74) is 0.920. The molecular formula is C10H11ClN2O2S. The molecule has 0 unspecified atom stereocenters. The zero-order valence-electron chi connectivity index (χ0n) is 8.99. The number of esters is 1. The Labute approximate surface area is 102 Å². The maximum Gasteiger partial charge on any atom is 0.348 e. The van der Waals surface area contributed by atoms with E-state index in [0.29, 0.717) is 17.4 Å². The fraction of sp³-hybridized carbons (Fsp3) is 0.400. The van der Waals surface area contributed by atoms with E-state index in [1.54, 1.807) is 13.0 Å². The summed E-state index contributed by atoms with van der Waals surface area (Å²) in [5, 5.41) is 0. The summed E-state index contributed by atoms with van der Waals surface area (Å²) in [6, 6.07) is 1.79.